The van der Waals surface area contributed by atoms with Gasteiger partial charge in [0, 0.05) is 19.0 Å². The molecule has 118 valence electrons. The second kappa shape index (κ2) is 7.91. The molecule has 0 spiro atoms. The van der Waals surface area contributed by atoms with Crippen molar-refractivity contribution in [2.75, 3.05) is 19.7 Å². The lowest BCUT2D eigenvalue weighted by Crippen LogP contribution is -2.20. The molecular formula is C15H17ClN2O4. The van der Waals surface area contributed by atoms with E-state index in [0.29, 0.717) is 6.42 Å². The molecule has 0 unspecified atom stereocenters. The van der Waals surface area contributed by atoms with Crippen molar-refractivity contribution in [3.8, 4) is 5.75 Å². The number of halogens is 1. The first-order valence-electron chi connectivity index (χ1n) is 7.07. The van der Waals surface area contributed by atoms with E-state index in [1.54, 1.807) is 12.1 Å². The van der Waals surface area contributed by atoms with E-state index in [9.17, 15) is 14.9 Å². The zero-order valence-electron chi connectivity index (χ0n) is 12.0. The maximum Gasteiger partial charge on any atom is 0.310 e. The number of rotatable bonds is 7. The average molecular weight is 325 g/mol. The highest BCUT2D eigenvalue weighted by Gasteiger charge is 2.17. The van der Waals surface area contributed by atoms with Crippen LogP contribution in [0.25, 0.3) is 5.57 Å². The number of hydrogen-bond donors (Lipinski definition) is 1. The molecule has 1 aliphatic rings. The van der Waals surface area contributed by atoms with Crippen LogP contribution in [0.15, 0.2) is 24.3 Å². The van der Waals surface area contributed by atoms with Crippen LogP contribution in [-0.4, -0.2) is 29.9 Å². The highest BCUT2D eigenvalue weighted by atomic mass is 35.5. The van der Waals surface area contributed by atoms with Crippen LogP contribution in [0.3, 0.4) is 0 Å². The summed E-state index contributed by atoms with van der Waals surface area (Å²) in [6.45, 7) is 1.89. The van der Waals surface area contributed by atoms with E-state index in [4.69, 9.17) is 16.3 Å². The molecule has 22 heavy (non-hydrogen) atoms. The lowest BCUT2D eigenvalue weighted by atomic mass is 10.00. The Hall–Kier alpha value is -1.92. The molecule has 1 heterocycles. The van der Waals surface area contributed by atoms with E-state index < -0.39 is 10.2 Å². The van der Waals surface area contributed by atoms with E-state index in [1.807, 2.05) is 0 Å². The minimum atomic E-state index is -0.470. The largest absolute Gasteiger partial charge is 0.487 e. The lowest BCUT2D eigenvalue weighted by Gasteiger charge is -2.15. The number of ether oxygens (including phenoxy) is 1. The van der Waals surface area contributed by atoms with Crippen molar-refractivity contribution in [1.29, 1.82) is 0 Å². The van der Waals surface area contributed by atoms with Gasteiger partial charge in [-0.15, -0.1) is 0 Å². The molecule has 0 fully saturated rings. The quantitative estimate of drug-likeness (QED) is 0.361. The van der Waals surface area contributed by atoms with Crippen LogP contribution in [0.4, 0.5) is 5.69 Å². The molecule has 0 atom stereocenters. The predicted octanol–water partition coefficient (Wildman–Crippen LogP) is 2.90. The number of benzene rings is 1. The molecule has 1 aromatic carbocycles. The summed E-state index contributed by atoms with van der Waals surface area (Å²) in [5.74, 6) is 0.226. The van der Waals surface area contributed by atoms with Crippen LogP contribution in [0.1, 0.15) is 24.8 Å². The third-order valence-corrected chi connectivity index (χ3v) is 3.56. The Bertz CT molecular complexity index is 601. The summed E-state index contributed by atoms with van der Waals surface area (Å²) >= 11 is 5.25. The molecule has 2 rings (SSSR count). The van der Waals surface area contributed by atoms with Crippen molar-refractivity contribution in [2.24, 2.45) is 0 Å². The van der Waals surface area contributed by atoms with E-state index in [0.717, 1.165) is 30.6 Å². The first-order chi connectivity index (χ1) is 10.6. The smallest absolute Gasteiger partial charge is 0.310 e. The van der Waals surface area contributed by atoms with Gasteiger partial charge in [-0.2, -0.15) is 0 Å². The Morgan fingerprint density at radius 1 is 1.45 bits per heavy atom. The molecular weight excluding hydrogens is 308 g/mol. The number of carbonyl (C=O) groups excluding carboxylic acids is 1. The SMILES string of the molecule is O=C(Cl)CCCOc1cc(C2=CCNCC2)ccc1[N+](=O)[O-]. The first kappa shape index (κ1) is 16.5. The maximum atomic E-state index is 11.1. The van der Waals surface area contributed by atoms with Crippen LogP contribution in [0.2, 0.25) is 0 Å². The van der Waals surface area contributed by atoms with Crippen molar-refractivity contribution in [3.05, 3.63) is 40.0 Å². The van der Waals surface area contributed by atoms with Gasteiger partial charge in [-0.05, 0) is 54.3 Å². The summed E-state index contributed by atoms with van der Waals surface area (Å²) in [4.78, 5) is 21.3. The zero-order chi connectivity index (χ0) is 15.9. The lowest BCUT2D eigenvalue weighted by molar-refractivity contribution is -0.385. The number of hydrogen-bond acceptors (Lipinski definition) is 5. The van der Waals surface area contributed by atoms with Gasteiger partial charge >= 0.3 is 5.69 Å². The second-order valence-corrected chi connectivity index (χ2v) is 5.35. The maximum absolute atomic E-state index is 11.1. The molecule has 7 heteroatoms. The first-order valence-corrected chi connectivity index (χ1v) is 7.45. The summed E-state index contributed by atoms with van der Waals surface area (Å²) in [6, 6.07) is 4.89. The molecule has 6 nitrogen and oxygen atoms in total. The fourth-order valence-corrected chi connectivity index (χ4v) is 2.39. The molecule has 0 amide bonds. The van der Waals surface area contributed by atoms with Gasteiger partial charge in [-0.25, -0.2) is 0 Å². The molecule has 1 N–H and O–H groups in total. The van der Waals surface area contributed by atoms with Gasteiger partial charge in [0.2, 0.25) is 5.24 Å². The van der Waals surface area contributed by atoms with Gasteiger partial charge in [0.15, 0.2) is 5.75 Å². The minimum absolute atomic E-state index is 0.0736. The molecule has 0 bridgehead atoms. The Morgan fingerprint density at radius 2 is 2.27 bits per heavy atom. The summed E-state index contributed by atoms with van der Waals surface area (Å²) in [5, 5.41) is 13.9. The van der Waals surface area contributed by atoms with Crippen LogP contribution in [0.5, 0.6) is 5.75 Å². The van der Waals surface area contributed by atoms with Gasteiger partial charge < -0.3 is 10.1 Å². The van der Waals surface area contributed by atoms with E-state index in [1.165, 1.54) is 6.07 Å². The van der Waals surface area contributed by atoms with Crippen LogP contribution >= 0.6 is 11.6 Å². The van der Waals surface area contributed by atoms with Gasteiger partial charge in [0.25, 0.3) is 0 Å². The number of nitrogens with zero attached hydrogens (tertiary/aromatic N) is 1. The standard InChI is InChI=1S/C15H17ClN2O4/c16-15(19)2-1-9-22-14-10-12(3-4-13(14)18(20)21)11-5-7-17-8-6-11/h3-5,10,17H,1-2,6-9H2. The highest BCUT2D eigenvalue weighted by Crippen LogP contribution is 2.32. The molecule has 0 saturated heterocycles. The summed E-state index contributed by atoms with van der Waals surface area (Å²) in [6.07, 6.45) is 3.56. The fourth-order valence-electron chi connectivity index (χ4n) is 2.26. The van der Waals surface area contributed by atoms with E-state index in [2.05, 4.69) is 11.4 Å². The van der Waals surface area contributed by atoms with Crippen molar-refractivity contribution >= 4 is 28.1 Å². The zero-order valence-corrected chi connectivity index (χ0v) is 12.8. The average Bonchev–Trinajstić information content (AvgIpc) is 2.52. The van der Waals surface area contributed by atoms with Crippen molar-refractivity contribution in [1.82, 2.24) is 5.32 Å². The Labute approximate surface area is 133 Å². The van der Waals surface area contributed by atoms with Gasteiger partial charge in [0.05, 0.1) is 11.5 Å². The molecule has 0 aliphatic carbocycles. The topological polar surface area (TPSA) is 81.5 Å². The number of nitro benzene ring substituents is 1. The number of nitrogens with one attached hydrogen (secondary N) is 1. The molecule has 0 aromatic heterocycles. The Kier molecular flexibility index (Phi) is 5.91. The van der Waals surface area contributed by atoms with Crippen LogP contribution in [0, 0.1) is 10.1 Å². The highest BCUT2D eigenvalue weighted by molar-refractivity contribution is 6.63. The summed E-state index contributed by atoms with van der Waals surface area (Å²) in [7, 11) is 0. The summed E-state index contributed by atoms with van der Waals surface area (Å²) < 4.78 is 5.48. The third kappa shape index (κ3) is 4.54. The Balaban J connectivity index is 2.14. The fraction of sp³-hybridized carbons (Fsp3) is 0.400. The van der Waals surface area contributed by atoms with Crippen molar-refractivity contribution in [2.45, 2.75) is 19.3 Å². The predicted molar refractivity (Wildman–Crippen MR) is 84.1 cm³/mol. The van der Waals surface area contributed by atoms with Crippen molar-refractivity contribution in [3.63, 3.8) is 0 Å². The minimum Gasteiger partial charge on any atom is -0.487 e. The normalized spacial score (nSPS) is 14.3. The van der Waals surface area contributed by atoms with Crippen molar-refractivity contribution < 1.29 is 14.5 Å². The van der Waals surface area contributed by atoms with Crippen LogP contribution < -0.4 is 10.1 Å². The molecule has 1 aromatic rings. The van der Waals surface area contributed by atoms with Gasteiger partial charge in [-0.1, -0.05) is 6.08 Å². The Morgan fingerprint density at radius 3 is 2.91 bits per heavy atom. The van der Waals surface area contributed by atoms with E-state index in [-0.39, 0.29) is 24.5 Å². The molecule has 0 radical (unpaired) electrons. The molecule has 1 aliphatic heterocycles. The van der Waals surface area contributed by atoms with Crippen LogP contribution in [-0.2, 0) is 4.79 Å². The number of nitro groups is 1. The van der Waals surface area contributed by atoms with Gasteiger partial charge in [-0.3, -0.25) is 14.9 Å². The number of carbonyl (C=O) groups is 1. The van der Waals surface area contributed by atoms with E-state index >= 15 is 0 Å². The molecule has 0 saturated carbocycles. The summed E-state index contributed by atoms with van der Waals surface area (Å²) in [5.41, 5.74) is 2.00. The van der Waals surface area contributed by atoms with Gasteiger partial charge in [0.1, 0.15) is 0 Å². The second-order valence-electron chi connectivity index (χ2n) is 4.93. The monoisotopic (exact) mass is 324 g/mol. The third-order valence-electron chi connectivity index (χ3n) is 3.37.